The van der Waals surface area contributed by atoms with E-state index in [1.807, 2.05) is 32.4 Å². The maximum Gasteiger partial charge on any atom is 0.333 e. The molecule has 0 radical (unpaired) electrons. The van der Waals surface area contributed by atoms with Crippen LogP contribution >= 0.6 is 0 Å². The molecular weight excluding hydrogens is 413 g/mol. The number of nitrogens with zero attached hydrogens (tertiary/aromatic N) is 2. The molecule has 0 saturated carbocycles. The second kappa shape index (κ2) is 9.16. The number of hydrogen-bond acceptors (Lipinski definition) is 6. The van der Waals surface area contributed by atoms with Crippen molar-refractivity contribution in [2.75, 3.05) is 12.4 Å². The van der Waals surface area contributed by atoms with Gasteiger partial charge in [0, 0.05) is 12.7 Å². The molecule has 3 N–H and O–H groups in total. The maximum atomic E-state index is 14.0. The van der Waals surface area contributed by atoms with Gasteiger partial charge in [0.05, 0.1) is 12.4 Å². The van der Waals surface area contributed by atoms with Crippen molar-refractivity contribution in [2.24, 2.45) is 0 Å². The third-order valence-corrected chi connectivity index (χ3v) is 5.53. The number of benzene rings is 1. The molecule has 162 valence electrons. The zero-order valence-corrected chi connectivity index (χ0v) is 18.1. The third kappa shape index (κ3) is 5.29. The number of anilines is 1. The summed E-state index contributed by atoms with van der Waals surface area (Å²) in [6, 6.07) is 1.61. The molecule has 11 heteroatoms. The molecule has 0 fully saturated rings. The number of aromatic nitrogens is 2. The Hall–Kier alpha value is -3.08. The molecule has 0 unspecified atom stereocenters. The molecule has 30 heavy (non-hydrogen) atoms. The minimum absolute atomic E-state index is 0.115. The predicted octanol–water partition coefficient (Wildman–Crippen LogP) is 2.73. The number of hydrogen-bond donors (Lipinski definition) is 3. The van der Waals surface area contributed by atoms with Crippen LogP contribution in [0.3, 0.4) is 0 Å². The van der Waals surface area contributed by atoms with E-state index in [-0.39, 0.29) is 17.7 Å². The normalized spacial score (nSPS) is 11.5. The summed E-state index contributed by atoms with van der Waals surface area (Å²) < 4.78 is 40.8. The summed E-state index contributed by atoms with van der Waals surface area (Å²) in [5, 5.41) is 4.84. The fraction of sp³-hybridized carbons (Fsp3) is 0.368. The van der Waals surface area contributed by atoms with Crippen molar-refractivity contribution in [1.82, 2.24) is 20.0 Å². The Balaban J connectivity index is 2.30. The summed E-state index contributed by atoms with van der Waals surface area (Å²) in [6.45, 7) is 7.35. The van der Waals surface area contributed by atoms with E-state index < -0.39 is 32.7 Å². The van der Waals surface area contributed by atoms with E-state index in [2.05, 4.69) is 20.6 Å². The molecule has 9 nitrogen and oxygen atoms in total. The minimum Gasteiger partial charge on any atom is -0.352 e. The van der Waals surface area contributed by atoms with Crippen LogP contribution in [0, 0.1) is 5.82 Å². The Morgan fingerprint density at radius 2 is 1.50 bits per heavy atom. The highest BCUT2D eigenvalue weighted by atomic mass is 32.2. The van der Waals surface area contributed by atoms with Crippen LogP contribution in [0.25, 0.3) is 0 Å². The average molecular weight is 437 g/mol. The highest BCUT2D eigenvalue weighted by molar-refractivity contribution is 7.90. The zero-order valence-electron chi connectivity index (χ0n) is 17.3. The SMILES string of the molecule is CNC(=O)c1ncc(S(=O)(=O)NC(=O)Nc2c(C(C)C)cc(F)cc2C(C)C)cn1. The first-order valence-corrected chi connectivity index (χ1v) is 10.7. The molecule has 0 spiro atoms. The molecule has 1 heterocycles. The first-order valence-electron chi connectivity index (χ1n) is 9.17. The van der Waals surface area contributed by atoms with Gasteiger partial charge in [0.2, 0.25) is 5.82 Å². The van der Waals surface area contributed by atoms with Gasteiger partial charge in [-0.15, -0.1) is 0 Å². The molecular formula is C19H24FN5O4S. The van der Waals surface area contributed by atoms with Crippen LogP contribution < -0.4 is 15.4 Å². The van der Waals surface area contributed by atoms with Crippen molar-refractivity contribution in [2.45, 2.75) is 44.4 Å². The summed E-state index contributed by atoms with van der Waals surface area (Å²) >= 11 is 0. The lowest BCUT2D eigenvalue weighted by molar-refractivity contribution is 0.0952. The molecule has 0 aliphatic heterocycles. The van der Waals surface area contributed by atoms with Crippen LogP contribution in [-0.4, -0.2) is 37.4 Å². The number of carbonyl (C=O) groups excluding carboxylic acids is 2. The molecule has 0 aliphatic carbocycles. The monoisotopic (exact) mass is 437 g/mol. The van der Waals surface area contributed by atoms with Crippen molar-refractivity contribution in [1.29, 1.82) is 0 Å². The summed E-state index contributed by atoms with van der Waals surface area (Å²) in [6.07, 6.45) is 1.84. The van der Waals surface area contributed by atoms with Gasteiger partial charge in [-0.1, -0.05) is 27.7 Å². The molecule has 0 atom stereocenters. The maximum absolute atomic E-state index is 14.0. The second-order valence-electron chi connectivity index (χ2n) is 7.15. The quantitative estimate of drug-likeness (QED) is 0.637. The topological polar surface area (TPSA) is 130 Å². The van der Waals surface area contributed by atoms with Gasteiger partial charge >= 0.3 is 6.03 Å². The van der Waals surface area contributed by atoms with E-state index in [9.17, 15) is 22.4 Å². The number of nitrogens with one attached hydrogen (secondary N) is 3. The van der Waals surface area contributed by atoms with E-state index in [1.54, 1.807) is 0 Å². The Kier molecular flexibility index (Phi) is 7.08. The van der Waals surface area contributed by atoms with Crippen molar-refractivity contribution < 1.29 is 22.4 Å². The van der Waals surface area contributed by atoms with Gasteiger partial charge in [-0.3, -0.25) is 4.79 Å². The number of urea groups is 1. The van der Waals surface area contributed by atoms with E-state index in [0.29, 0.717) is 16.8 Å². The van der Waals surface area contributed by atoms with Crippen molar-refractivity contribution in [3.8, 4) is 0 Å². The Morgan fingerprint density at radius 3 is 1.93 bits per heavy atom. The van der Waals surface area contributed by atoms with Gasteiger partial charge in [-0.05, 0) is 35.1 Å². The summed E-state index contributed by atoms with van der Waals surface area (Å²) in [5.41, 5.74) is 1.45. The molecule has 0 saturated heterocycles. The van der Waals surface area contributed by atoms with Crippen LogP contribution in [0.15, 0.2) is 29.4 Å². The zero-order chi connectivity index (χ0) is 22.6. The lowest BCUT2D eigenvalue weighted by Crippen LogP contribution is -2.35. The van der Waals surface area contributed by atoms with Gasteiger partial charge in [0.15, 0.2) is 0 Å². The minimum atomic E-state index is -4.30. The van der Waals surface area contributed by atoms with Crippen LogP contribution in [0.1, 0.15) is 61.3 Å². The molecule has 3 amide bonds. The van der Waals surface area contributed by atoms with E-state index in [1.165, 1.54) is 19.2 Å². The van der Waals surface area contributed by atoms with E-state index in [4.69, 9.17) is 0 Å². The van der Waals surface area contributed by atoms with E-state index >= 15 is 0 Å². The molecule has 0 bridgehead atoms. The molecule has 2 rings (SSSR count). The second-order valence-corrected chi connectivity index (χ2v) is 8.83. The molecule has 1 aromatic carbocycles. The summed E-state index contributed by atoms with van der Waals surface area (Å²) in [5.74, 6) is -1.46. The lowest BCUT2D eigenvalue weighted by Gasteiger charge is -2.20. The Morgan fingerprint density at radius 1 is 1.00 bits per heavy atom. The smallest absolute Gasteiger partial charge is 0.333 e. The number of amides is 3. The van der Waals surface area contributed by atoms with Gasteiger partial charge in [-0.25, -0.2) is 32.3 Å². The highest BCUT2D eigenvalue weighted by Gasteiger charge is 2.23. The predicted molar refractivity (Wildman–Crippen MR) is 109 cm³/mol. The standard InChI is InChI=1S/C19H24FN5O4S/c1-10(2)14-6-12(20)7-15(11(3)4)16(14)24-19(27)25-30(28,29)13-8-22-17(23-9-13)18(26)21-5/h6-11H,1-5H3,(H,21,26)(H2,24,25,27). The van der Waals surface area contributed by atoms with Gasteiger partial charge in [-0.2, -0.15) is 0 Å². The number of carbonyl (C=O) groups is 2. The first-order chi connectivity index (χ1) is 14.0. The highest BCUT2D eigenvalue weighted by Crippen LogP contribution is 2.33. The van der Waals surface area contributed by atoms with Gasteiger partial charge < -0.3 is 10.6 Å². The Bertz CT molecular complexity index is 1020. The van der Waals surface area contributed by atoms with Crippen molar-refractivity contribution in [3.05, 3.63) is 47.3 Å². The van der Waals surface area contributed by atoms with Crippen molar-refractivity contribution >= 4 is 27.6 Å². The summed E-state index contributed by atoms with van der Waals surface area (Å²) in [7, 11) is -2.91. The van der Waals surface area contributed by atoms with Gasteiger partial charge in [0.25, 0.3) is 15.9 Å². The number of halogens is 1. The molecule has 2 aromatic rings. The number of rotatable bonds is 6. The fourth-order valence-electron chi connectivity index (χ4n) is 2.71. The number of sulfonamides is 1. The molecule has 0 aliphatic rings. The largest absolute Gasteiger partial charge is 0.352 e. The molecule has 1 aromatic heterocycles. The van der Waals surface area contributed by atoms with Crippen molar-refractivity contribution in [3.63, 3.8) is 0 Å². The van der Waals surface area contributed by atoms with Crippen LogP contribution in [0.4, 0.5) is 14.9 Å². The summed E-state index contributed by atoms with van der Waals surface area (Å²) in [4.78, 5) is 30.9. The lowest BCUT2D eigenvalue weighted by atomic mass is 9.92. The van der Waals surface area contributed by atoms with Crippen LogP contribution in [-0.2, 0) is 10.0 Å². The Labute approximate surface area is 174 Å². The van der Waals surface area contributed by atoms with E-state index in [0.717, 1.165) is 12.4 Å². The van der Waals surface area contributed by atoms with Crippen LogP contribution in [0.5, 0.6) is 0 Å². The van der Waals surface area contributed by atoms with Gasteiger partial charge in [0.1, 0.15) is 10.7 Å². The first kappa shape index (κ1) is 23.2. The van der Waals surface area contributed by atoms with Crippen LogP contribution in [0.2, 0.25) is 0 Å². The average Bonchev–Trinajstić information content (AvgIpc) is 2.67. The third-order valence-electron chi connectivity index (χ3n) is 4.24. The fourth-order valence-corrected chi connectivity index (χ4v) is 3.50.